The van der Waals surface area contributed by atoms with Crippen molar-refractivity contribution in [2.45, 2.75) is 19.1 Å². The number of ether oxygens (including phenoxy) is 1. The van der Waals surface area contributed by atoms with Crippen molar-refractivity contribution in [3.63, 3.8) is 0 Å². The van der Waals surface area contributed by atoms with Crippen molar-refractivity contribution in [3.8, 4) is 6.07 Å². The van der Waals surface area contributed by atoms with Gasteiger partial charge in [-0.05, 0) is 30.7 Å². The third-order valence-corrected chi connectivity index (χ3v) is 2.58. The molecule has 1 atom stereocenters. The van der Waals surface area contributed by atoms with Crippen molar-refractivity contribution in [2.75, 3.05) is 13.1 Å². The van der Waals surface area contributed by atoms with Crippen molar-refractivity contribution in [3.05, 3.63) is 35.4 Å². The minimum atomic E-state index is 0.348. The van der Waals surface area contributed by atoms with E-state index in [9.17, 15) is 0 Å². The van der Waals surface area contributed by atoms with E-state index in [1.807, 2.05) is 24.3 Å². The van der Waals surface area contributed by atoms with Crippen LogP contribution in [0.5, 0.6) is 0 Å². The molecule has 3 nitrogen and oxygen atoms in total. The van der Waals surface area contributed by atoms with Gasteiger partial charge >= 0.3 is 0 Å². The molecule has 0 saturated carbocycles. The fourth-order valence-electron chi connectivity index (χ4n) is 1.66. The van der Waals surface area contributed by atoms with Gasteiger partial charge in [-0.25, -0.2) is 0 Å². The Morgan fingerprint density at radius 3 is 2.80 bits per heavy atom. The molecule has 1 aromatic rings. The lowest BCUT2D eigenvalue weighted by atomic mass is 10.1. The van der Waals surface area contributed by atoms with Crippen LogP contribution in [0.4, 0.5) is 0 Å². The Hall–Kier alpha value is -1.37. The molecule has 15 heavy (non-hydrogen) atoms. The van der Waals surface area contributed by atoms with E-state index >= 15 is 0 Å². The fraction of sp³-hybridized carbons (Fsp3) is 0.417. The Balaban J connectivity index is 1.85. The summed E-state index contributed by atoms with van der Waals surface area (Å²) in [5.41, 5.74) is 1.82. The molecule has 78 valence electrons. The molecule has 0 aliphatic carbocycles. The number of rotatable bonds is 3. The van der Waals surface area contributed by atoms with Gasteiger partial charge in [0.2, 0.25) is 0 Å². The number of nitrogens with zero attached hydrogens (tertiary/aromatic N) is 1. The lowest BCUT2D eigenvalue weighted by Gasteiger charge is -2.10. The van der Waals surface area contributed by atoms with Gasteiger partial charge in [0.05, 0.1) is 24.3 Å². The molecule has 1 saturated heterocycles. The lowest BCUT2D eigenvalue weighted by molar-refractivity contribution is 0.0542. The highest BCUT2D eigenvalue weighted by molar-refractivity contribution is 5.31. The van der Waals surface area contributed by atoms with Crippen LogP contribution in [-0.2, 0) is 11.3 Å². The predicted octanol–water partition coefficient (Wildman–Crippen LogP) is 1.44. The van der Waals surface area contributed by atoms with Gasteiger partial charge in [0.15, 0.2) is 0 Å². The molecule has 0 bridgehead atoms. The molecule has 0 aromatic heterocycles. The molecule has 1 aromatic carbocycles. The molecule has 1 unspecified atom stereocenters. The van der Waals surface area contributed by atoms with Gasteiger partial charge in [0.25, 0.3) is 0 Å². The van der Waals surface area contributed by atoms with Gasteiger partial charge in [-0.3, -0.25) is 0 Å². The Labute approximate surface area is 89.7 Å². The molecule has 0 amide bonds. The van der Waals surface area contributed by atoms with Crippen LogP contribution in [0.15, 0.2) is 24.3 Å². The number of nitrogens with one attached hydrogen (secondary N) is 1. The van der Waals surface area contributed by atoms with E-state index in [0.29, 0.717) is 18.3 Å². The van der Waals surface area contributed by atoms with Crippen LogP contribution in [0.1, 0.15) is 17.5 Å². The van der Waals surface area contributed by atoms with Crippen molar-refractivity contribution in [1.82, 2.24) is 5.32 Å². The van der Waals surface area contributed by atoms with Crippen LogP contribution < -0.4 is 5.32 Å². The summed E-state index contributed by atoms with van der Waals surface area (Å²) in [5.74, 6) is 0. The van der Waals surface area contributed by atoms with Crippen molar-refractivity contribution >= 4 is 0 Å². The van der Waals surface area contributed by atoms with Gasteiger partial charge in [-0.15, -0.1) is 0 Å². The van der Waals surface area contributed by atoms with Crippen molar-refractivity contribution < 1.29 is 4.74 Å². The van der Waals surface area contributed by atoms with Crippen molar-refractivity contribution in [1.29, 1.82) is 5.26 Å². The summed E-state index contributed by atoms with van der Waals surface area (Å²) in [7, 11) is 0. The third kappa shape index (κ3) is 2.79. The van der Waals surface area contributed by atoms with E-state index in [0.717, 1.165) is 25.1 Å². The first-order valence-electron chi connectivity index (χ1n) is 5.20. The number of hydrogen-bond donors (Lipinski definition) is 1. The SMILES string of the molecule is N#Cc1ccc(COC2CCNC2)cc1. The highest BCUT2D eigenvalue weighted by Gasteiger charge is 2.14. The topological polar surface area (TPSA) is 45.0 Å². The third-order valence-electron chi connectivity index (χ3n) is 2.58. The van der Waals surface area contributed by atoms with E-state index < -0.39 is 0 Å². The van der Waals surface area contributed by atoms with Gasteiger partial charge in [0.1, 0.15) is 0 Å². The standard InChI is InChI=1S/C12H14N2O/c13-7-10-1-3-11(4-2-10)9-15-12-5-6-14-8-12/h1-4,12,14H,5-6,8-9H2. The molecule has 1 fully saturated rings. The lowest BCUT2D eigenvalue weighted by Crippen LogP contribution is -2.16. The second-order valence-corrected chi connectivity index (χ2v) is 3.73. The first kappa shape index (κ1) is 10.2. The molecule has 0 spiro atoms. The Morgan fingerprint density at radius 2 is 2.20 bits per heavy atom. The van der Waals surface area contributed by atoms with Gasteiger partial charge < -0.3 is 10.1 Å². The van der Waals surface area contributed by atoms with Crippen LogP contribution in [0, 0.1) is 11.3 Å². The summed E-state index contributed by atoms with van der Waals surface area (Å²) in [6.07, 6.45) is 1.44. The number of hydrogen-bond acceptors (Lipinski definition) is 3. The molecular weight excluding hydrogens is 188 g/mol. The molecule has 3 heteroatoms. The molecule has 1 N–H and O–H groups in total. The van der Waals surface area contributed by atoms with E-state index in [2.05, 4.69) is 11.4 Å². The maximum atomic E-state index is 8.64. The minimum Gasteiger partial charge on any atom is -0.372 e. The average molecular weight is 202 g/mol. The molecule has 1 aliphatic rings. The summed E-state index contributed by atoms with van der Waals surface area (Å²) in [4.78, 5) is 0. The largest absolute Gasteiger partial charge is 0.372 e. The first-order valence-corrected chi connectivity index (χ1v) is 5.20. The van der Waals surface area contributed by atoms with Gasteiger partial charge in [0, 0.05) is 6.54 Å². The smallest absolute Gasteiger partial charge is 0.0991 e. The molecule has 1 heterocycles. The molecule has 0 radical (unpaired) electrons. The quantitative estimate of drug-likeness (QED) is 0.806. The normalized spacial score (nSPS) is 20.1. The zero-order chi connectivity index (χ0) is 10.5. The zero-order valence-electron chi connectivity index (χ0n) is 8.57. The van der Waals surface area contributed by atoms with Crippen LogP contribution in [-0.4, -0.2) is 19.2 Å². The molecule has 2 rings (SSSR count). The second-order valence-electron chi connectivity index (χ2n) is 3.73. The molecule has 1 aliphatic heterocycles. The maximum absolute atomic E-state index is 8.64. The van der Waals surface area contributed by atoms with E-state index in [1.54, 1.807) is 0 Å². The van der Waals surface area contributed by atoms with Crippen molar-refractivity contribution in [2.24, 2.45) is 0 Å². The van der Waals surface area contributed by atoms with E-state index in [1.165, 1.54) is 0 Å². The minimum absolute atomic E-state index is 0.348. The predicted molar refractivity (Wildman–Crippen MR) is 57.2 cm³/mol. The Bertz CT molecular complexity index is 347. The highest BCUT2D eigenvalue weighted by Crippen LogP contribution is 2.09. The van der Waals surface area contributed by atoms with Crippen LogP contribution in [0.25, 0.3) is 0 Å². The Morgan fingerprint density at radius 1 is 1.40 bits per heavy atom. The number of nitriles is 1. The van der Waals surface area contributed by atoms with Gasteiger partial charge in [-0.2, -0.15) is 5.26 Å². The van der Waals surface area contributed by atoms with Crippen LogP contribution in [0.3, 0.4) is 0 Å². The summed E-state index contributed by atoms with van der Waals surface area (Å²) in [6, 6.07) is 9.64. The highest BCUT2D eigenvalue weighted by atomic mass is 16.5. The Kier molecular flexibility index (Phi) is 3.33. The number of benzene rings is 1. The van der Waals surface area contributed by atoms with Crippen LogP contribution in [0.2, 0.25) is 0 Å². The summed E-state index contributed by atoms with van der Waals surface area (Å²) in [6.45, 7) is 2.65. The first-order chi connectivity index (χ1) is 7.38. The molecular formula is C12H14N2O. The monoisotopic (exact) mass is 202 g/mol. The fourth-order valence-corrected chi connectivity index (χ4v) is 1.66. The zero-order valence-corrected chi connectivity index (χ0v) is 8.57. The second kappa shape index (κ2) is 4.92. The maximum Gasteiger partial charge on any atom is 0.0991 e. The van der Waals surface area contributed by atoms with E-state index in [4.69, 9.17) is 10.00 Å². The summed E-state index contributed by atoms with van der Waals surface area (Å²) < 4.78 is 5.72. The van der Waals surface area contributed by atoms with E-state index in [-0.39, 0.29) is 0 Å². The average Bonchev–Trinajstić information content (AvgIpc) is 2.80. The van der Waals surface area contributed by atoms with Crippen LogP contribution >= 0.6 is 0 Å². The summed E-state index contributed by atoms with van der Waals surface area (Å²) >= 11 is 0. The van der Waals surface area contributed by atoms with Gasteiger partial charge in [-0.1, -0.05) is 12.1 Å². The summed E-state index contributed by atoms with van der Waals surface area (Å²) in [5, 5.41) is 11.9.